The number of halogens is 4. The monoisotopic (exact) mass is 522 g/mol. The highest BCUT2D eigenvalue weighted by molar-refractivity contribution is 6.31. The van der Waals surface area contributed by atoms with E-state index in [9.17, 15) is 22.8 Å². The van der Waals surface area contributed by atoms with Crippen LogP contribution in [0.2, 0.25) is 5.02 Å². The minimum Gasteiger partial charge on any atom is -0.441 e. The molecule has 2 amide bonds. The molecule has 0 spiro atoms. The first-order valence-electron chi connectivity index (χ1n) is 11.4. The molecule has 0 aliphatic carbocycles. The average molecular weight is 523 g/mol. The maximum absolute atomic E-state index is 14.5. The SMILES string of the molecule is CC.CN(CCCC1OC(=O)Nc2ccc(Cl)c(F)c21)C(=O)c1cnn(Cc2ccc(F)c(F)c2)c1. The molecule has 4 rings (SSSR count). The topological polar surface area (TPSA) is 76.5 Å². The first kappa shape index (κ1) is 27.1. The molecule has 0 saturated heterocycles. The highest BCUT2D eigenvalue weighted by atomic mass is 35.5. The molecule has 0 bridgehead atoms. The fraction of sp³-hybridized carbons (Fsp3) is 0.320. The molecular weight excluding hydrogens is 497 g/mol. The van der Waals surface area contributed by atoms with Crippen molar-refractivity contribution in [3.8, 4) is 0 Å². The van der Waals surface area contributed by atoms with Crippen LogP contribution in [0.4, 0.5) is 23.7 Å². The van der Waals surface area contributed by atoms with Gasteiger partial charge in [0.1, 0.15) is 6.10 Å². The molecule has 36 heavy (non-hydrogen) atoms. The average Bonchev–Trinajstić information content (AvgIpc) is 3.32. The van der Waals surface area contributed by atoms with Crippen LogP contribution in [0.15, 0.2) is 42.7 Å². The van der Waals surface area contributed by atoms with E-state index < -0.39 is 29.6 Å². The summed E-state index contributed by atoms with van der Waals surface area (Å²) in [5, 5.41) is 6.48. The number of fused-ring (bicyclic) bond motifs is 1. The second kappa shape index (κ2) is 11.9. The van der Waals surface area contributed by atoms with Gasteiger partial charge in [-0.2, -0.15) is 5.10 Å². The maximum Gasteiger partial charge on any atom is 0.412 e. The molecular formula is C25H26ClF3N4O3. The number of nitrogens with one attached hydrogen (secondary N) is 1. The van der Waals surface area contributed by atoms with Gasteiger partial charge >= 0.3 is 6.09 Å². The van der Waals surface area contributed by atoms with E-state index in [0.717, 1.165) is 12.1 Å². The molecule has 1 aliphatic heterocycles. The second-order valence-corrected chi connectivity index (χ2v) is 8.29. The van der Waals surface area contributed by atoms with E-state index in [1.54, 1.807) is 7.05 Å². The van der Waals surface area contributed by atoms with Crippen LogP contribution >= 0.6 is 11.6 Å². The van der Waals surface area contributed by atoms with Crippen LogP contribution in [-0.4, -0.2) is 40.3 Å². The molecule has 2 aromatic carbocycles. The van der Waals surface area contributed by atoms with Crippen LogP contribution in [0.3, 0.4) is 0 Å². The number of carbonyl (C=O) groups excluding carboxylic acids is 2. The van der Waals surface area contributed by atoms with Crippen LogP contribution in [-0.2, 0) is 11.3 Å². The van der Waals surface area contributed by atoms with Crippen molar-refractivity contribution in [2.75, 3.05) is 18.9 Å². The number of hydrogen-bond acceptors (Lipinski definition) is 4. The Hall–Kier alpha value is -3.53. The quantitative estimate of drug-likeness (QED) is 0.402. The van der Waals surface area contributed by atoms with Gasteiger partial charge in [0.2, 0.25) is 0 Å². The van der Waals surface area contributed by atoms with E-state index in [1.165, 1.54) is 40.2 Å². The lowest BCUT2D eigenvalue weighted by Gasteiger charge is -2.27. The Morgan fingerprint density at radius 3 is 2.67 bits per heavy atom. The fourth-order valence-corrected chi connectivity index (χ4v) is 3.91. The zero-order valence-electron chi connectivity index (χ0n) is 20.0. The minimum atomic E-state index is -0.954. The summed E-state index contributed by atoms with van der Waals surface area (Å²) in [5.41, 5.74) is 1.31. The van der Waals surface area contributed by atoms with Crippen molar-refractivity contribution in [1.82, 2.24) is 14.7 Å². The molecule has 0 saturated carbocycles. The van der Waals surface area contributed by atoms with Gasteiger partial charge in [-0.15, -0.1) is 0 Å². The molecule has 3 aromatic rings. The molecule has 1 aromatic heterocycles. The Morgan fingerprint density at radius 1 is 1.19 bits per heavy atom. The second-order valence-electron chi connectivity index (χ2n) is 7.89. The molecule has 192 valence electrons. The Balaban J connectivity index is 0.00000176. The number of hydrogen-bond donors (Lipinski definition) is 1. The largest absolute Gasteiger partial charge is 0.441 e. The van der Waals surface area contributed by atoms with Crippen molar-refractivity contribution in [3.05, 3.63) is 81.9 Å². The van der Waals surface area contributed by atoms with Gasteiger partial charge in [0.25, 0.3) is 5.91 Å². The van der Waals surface area contributed by atoms with Crippen LogP contribution in [0.5, 0.6) is 0 Å². The number of cyclic esters (lactones) is 1. The van der Waals surface area contributed by atoms with Gasteiger partial charge in [-0.1, -0.05) is 31.5 Å². The highest BCUT2D eigenvalue weighted by Gasteiger charge is 2.30. The summed E-state index contributed by atoms with van der Waals surface area (Å²) in [5.74, 6) is -2.84. The maximum atomic E-state index is 14.5. The molecule has 0 radical (unpaired) electrons. The number of nitrogens with zero attached hydrogens (tertiary/aromatic N) is 3. The van der Waals surface area contributed by atoms with Gasteiger partial charge in [0, 0.05) is 19.8 Å². The summed E-state index contributed by atoms with van der Waals surface area (Å²) in [4.78, 5) is 26.0. The summed E-state index contributed by atoms with van der Waals surface area (Å²) in [6, 6.07) is 6.42. The standard InChI is InChI=1S/C23H20ClF3N4O3.C2H6/c1-30(8-2-3-19-20-18(29-23(33)34-19)7-5-15(24)21(20)27)22(32)14-10-28-31(12-14)11-13-4-6-16(25)17(26)9-13;1-2/h4-7,9-10,12,19H,2-3,8,11H2,1H3,(H,29,33);1-2H3. The Morgan fingerprint density at radius 2 is 1.94 bits per heavy atom. The predicted octanol–water partition coefficient (Wildman–Crippen LogP) is 6.18. The van der Waals surface area contributed by atoms with Crippen molar-refractivity contribution in [2.45, 2.75) is 39.3 Å². The third-order valence-electron chi connectivity index (χ3n) is 5.46. The Labute approximate surface area is 211 Å². The lowest BCUT2D eigenvalue weighted by atomic mass is 10.0. The van der Waals surface area contributed by atoms with E-state index in [4.69, 9.17) is 16.3 Å². The summed E-state index contributed by atoms with van der Waals surface area (Å²) >= 11 is 5.87. The van der Waals surface area contributed by atoms with Gasteiger partial charge in [0.05, 0.1) is 34.6 Å². The minimum absolute atomic E-state index is 0.0730. The van der Waals surface area contributed by atoms with Crippen LogP contribution in [0, 0.1) is 17.5 Å². The smallest absolute Gasteiger partial charge is 0.412 e. The zero-order chi connectivity index (χ0) is 26.4. The van der Waals surface area contributed by atoms with E-state index in [1.807, 2.05) is 13.8 Å². The van der Waals surface area contributed by atoms with Crippen molar-refractivity contribution in [1.29, 1.82) is 0 Å². The lowest BCUT2D eigenvalue weighted by Crippen LogP contribution is -2.29. The van der Waals surface area contributed by atoms with E-state index in [-0.39, 0.29) is 29.5 Å². The summed E-state index contributed by atoms with van der Waals surface area (Å²) < 4.78 is 47.7. The number of rotatable bonds is 7. The third-order valence-corrected chi connectivity index (χ3v) is 5.75. The van der Waals surface area contributed by atoms with Gasteiger partial charge in [-0.25, -0.2) is 18.0 Å². The number of benzene rings is 2. The summed E-state index contributed by atoms with van der Waals surface area (Å²) in [6.07, 6.45) is 2.10. The van der Waals surface area contributed by atoms with Gasteiger partial charge in [0.15, 0.2) is 17.5 Å². The molecule has 1 aliphatic rings. The number of carbonyl (C=O) groups is 2. The number of ether oxygens (including phenoxy) is 1. The third kappa shape index (κ3) is 6.17. The molecule has 7 nitrogen and oxygen atoms in total. The van der Waals surface area contributed by atoms with E-state index in [0.29, 0.717) is 29.8 Å². The molecule has 0 fully saturated rings. The number of aromatic nitrogens is 2. The lowest BCUT2D eigenvalue weighted by molar-refractivity contribution is 0.0759. The van der Waals surface area contributed by atoms with Crippen molar-refractivity contribution in [3.63, 3.8) is 0 Å². The normalized spacial score (nSPS) is 14.2. The van der Waals surface area contributed by atoms with Crippen molar-refractivity contribution >= 4 is 29.3 Å². The first-order valence-corrected chi connectivity index (χ1v) is 11.8. The fourth-order valence-electron chi connectivity index (χ4n) is 3.74. The Kier molecular flexibility index (Phi) is 8.98. The highest BCUT2D eigenvalue weighted by Crippen LogP contribution is 2.38. The van der Waals surface area contributed by atoms with Gasteiger partial charge < -0.3 is 9.64 Å². The van der Waals surface area contributed by atoms with Crippen molar-refractivity contribution in [2.24, 2.45) is 0 Å². The number of amides is 2. The summed E-state index contributed by atoms with van der Waals surface area (Å²) in [6.45, 7) is 4.48. The van der Waals surface area contributed by atoms with Crippen LogP contribution in [0.25, 0.3) is 0 Å². The van der Waals surface area contributed by atoms with Crippen LogP contribution in [0.1, 0.15) is 54.3 Å². The van der Waals surface area contributed by atoms with Crippen LogP contribution < -0.4 is 5.32 Å². The van der Waals surface area contributed by atoms with Gasteiger partial charge in [-0.3, -0.25) is 14.8 Å². The molecule has 2 heterocycles. The molecule has 1 N–H and O–H groups in total. The van der Waals surface area contributed by atoms with Gasteiger partial charge in [-0.05, 0) is 42.7 Å². The molecule has 11 heteroatoms. The van der Waals surface area contributed by atoms with Crippen molar-refractivity contribution < 1.29 is 27.5 Å². The number of anilines is 1. The predicted molar refractivity (Wildman–Crippen MR) is 129 cm³/mol. The van der Waals surface area contributed by atoms with E-state index >= 15 is 0 Å². The summed E-state index contributed by atoms with van der Waals surface area (Å²) in [7, 11) is 1.61. The molecule has 1 unspecified atom stereocenters. The Bertz CT molecular complexity index is 1250. The van der Waals surface area contributed by atoms with E-state index in [2.05, 4.69) is 10.4 Å². The molecule has 1 atom stereocenters. The zero-order valence-corrected chi connectivity index (χ0v) is 20.8. The first-order chi connectivity index (χ1) is 17.2.